The molecule has 0 radical (unpaired) electrons. The first-order chi connectivity index (χ1) is 3.39. The van der Waals surface area contributed by atoms with Crippen LogP contribution >= 0.6 is 11.3 Å². The molecule has 1 aromatic heterocycles. The van der Waals surface area contributed by atoms with Crippen molar-refractivity contribution in [1.29, 1.82) is 0 Å². The van der Waals surface area contributed by atoms with Crippen molar-refractivity contribution in [2.24, 2.45) is 0 Å². The van der Waals surface area contributed by atoms with Crippen LogP contribution in [0.1, 0.15) is 0 Å². The molecule has 0 bridgehead atoms. The molecule has 0 saturated heterocycles. The predicted molar refractivity (Wildman–Crippen MR) is 30.4 cm³/mol. The van der Waals surface area contributed by atoms with E-state index in [0.29, 0.717) is 5.75 Å². The Morgan fingerprint density at radius 2 is 2.43 bits per heavy atom. The molecule has 0 saturated carbocycles. The van der Waals surface area contributed by atoms with Crippen LogP contribution in [0.25, 0.3) is 0 Å². The first-order valence-corrected chi connectivity index (χ1v) is 2.88. The summed E-state index contributed by atoms with van der Waals surface area (Å²) < 4.78 is 0. The lowest BCUT2D eigenvalue weighted by atomic mass is 10.5. The summed E-state index contributed by atoms with van der Waals surface area (Å²) in [5.74, 6) is 0.340. The highest BCUT2D eigenvalue weighted by molar-refractivity contribution is 7.07. The Hall–Kier alpha value is -0.630. The molecule has 0 fully saturated rings. The maximum atomic E-state index is 8.64. The standard InChI is InChI=1S/C5H4OS/c6-5-2-1-3-7-4-5/h1-4H/p+1. The molecule has 0 spiro atoms. The number of hydrogen-bond donors (Lipinski definition) is 1. The monoisotopic (exact) mass is 113 g/mol. The van der Waals surface area contributed by atoms with Gasteiger partial charge in [-0.25, -0.2) is 0 Å². The van der Waals surface area contributed by atoms with Crippen LogP contribution in [0, 0.1) is 0 Å². The lowest BCUT2D eigenvalue weighted by Crippen LogP contribution is -1.52. The molecule has 0 aromatic carbocycles. The topological polar surface area (TPSA) is 20.2 Å². The first-order valence-electron chi connectivity index (χ1n) is 1.94. The summed E-state index contributed by atoms with van der Waals surface area (Å²) in [5, 5.41) is 12.2. The molecule has 36 valence electrons. The Labute approximate surface area is 45.9 Å². The lowest BCUT2D eigenvalue weighted by molar-refractivity contribution is 0.477. The van der Waals surface area contributed by atoms with Gasteiger partial charge in [-0.1, -0.05) is 0 Å². The van der Waals surface area contributed by atoms with Crippen molar-refractivity contribution in [1.82, 2.24) is 0 Å². The zero-order chi connectivity index (χ0) is 5.11. The summed E-state index contributed by atoms with van der Waals surface area (Å²) in [7, 11) is 0. The SMILES string of the molecule is Oc1ccc[s+]c1. The second kappa shape index (κ2) is 1.89. The van der Waals surface area contributed by atoms with Gasteiger partial charge in [-0.3, -0.25) is 0 Å². The van der Waals surface area contributed by atoms with E-state index in [0.717, 1.165) is 0 Å². The van der Waals surface area contributed by atoms with Gasteiger partial charge in [0.05, 0.1) is 0 Å². The Kier molecular flexibility index (Phi) is 1.22. The van der Waals surface area contributed by atoms with E-state index in [-0.39, 0.29) is 0 Å². The maximum absolute atomic E-state index is 8.64. The van der Waals surface area contributed by atoms with Crippen LogP contribution in [0.3, 0.4) is 0 Å². The van der Waals surface area contributed by atoms with Crippen LogP contribution in [-0.2, 0) is 0 Å². The molecule has 0 aliphatic carbocycles. The molecular weight excluding hydrogens is 108 g/mol. The van der Waals surface area contributed by atoms with Gasteiger partial charge in [-0.2, -0.15) is 0 Å². The highest BCUT2D eigenvalue weighted by atomic mass is 32.1. The summed E-state index contributed by atoms with van der Waals surface area (Å²) in [4.78, 5) is 0. The van der Waals surface area contributed by atoms with Crippen LogP contribution in [0.5, 0.6) is 5.75 Å². The second-order valence-electron chi connectivity index (χ2n) is 1.17. The third-order valence-electron chi connectivity index (χ3n) is 0.613. The predicted octanol–water partition coefficient (Wildman–Crippen LogP) is 1.73. The average Bonchev–Trinajstić information content (AvgIpc) is 1.69. The van der Waals surface area contributed by atoms with Crippen molar-refractivity contribution in [3.8, 4) is 5.75 Å². The molecule has 7 heavy (non-hydrogen) atoms. The van der Waals surface area contributed by atoms with E-state index < -0.39 is 0 Å². The summed E-state index contributed by atoms with van der Waals surface area (Å²) in [5.41, 5.74) is 0. The van der Waals surface area contributed by atoms with E-state index >= 15 is 0 Å². The molecule has 0 aliphatic rings. The van der Waals surface area contributed by atoms with Crippen molar-refractivity contribution in [3.63, 3.8) is 0 Å². The fourth-order valence-corrected chi connectivity index (χ4v) is 0.797. The summed E-state index contributed by atoms with van der Waals surface area (Å²) in [6.07, 6.45) is 0. The van der Waals surface area contributed by atoms with Gasteiger partial charge < -0.3 is 5.11 Å². The minimum Gasteiger partial charge on any atom is -0.503 e. The maximum Gasteiger partial charge on any atom is 0.237 e. The van der Waals surface area contributed by atoms with Gasteiger partial charge in [-0.15, -0.1) is 0 Å². The van der Waals surface area contributed by atoms with Crippen LogP contribution in [0.15, 0.2) is 22.9 Å². The van der Waals surface area contributed by atoms with Crippen LogP contribution in [0.2, 0.25) is 0 Å². The fourth-order valence-electron chi connectivity index (χ4n) is 0.332. The zero-order valence-corrected chi connectivity index (χ0v) is 4.48. The molecule has 1 rings (SSSR count). The van der Waals surface area contributed by atoms with E-state index in [1.54, 1.807) is 17.5 Å². The van der Waals surface area contributed by atoms with Gasteiger partial charge in [-0.05, 0) is 12.1 Å². The van der Waals surface area contributed by atoms with E-state index in [2.05, 4.69) is 0 Å². The quantitative estimate of drug-likeness (QED) is 0.508. The third kappa shape index (κ3) is 1.12. The highest BCUT2D eigenvalue weighted by Gasteiger charge is 1.87. The highest BCUT2D eigenvalue weighted by Crippen LogP contribution is 2.08. The Bertz CT molecular complexity index is 138. The second-order valence-corrected chi connectivity index (χ2v) is 1.95. The summed E-state index contributed by atoms with van der Waals surface area (Å²) >= 11 is 1.48. The molecule has 1 aromatic rings. The lowest BCUT2D eigenvalue weighted by Gasteiger charge is -1.72. The van der Waals surface area contributed by atoms with Gasteiger partial charge in [0, 0.05) is 0 Å². The molecule has 1 N–H and O–H groups in total. The minimum absolute atomic E-state index is 0.340. The Morgan fingerprint density at radius 1 is 1.57 bits per heavy atom. The van der Waals surface area contributed by atoms with Gasteiger partial charge in [0.15, 0.2) is 11.1 Å². The van der Waals surface area contributed by atoms with Crippen molar-refractivity contribution in [2.75, 3.05) is 0 Å². The van der Waals surface area contributed by atoms with Gasteiger partial charge >= 0.3 is 0 Å². The molecular formula is C5H5OS+. The molecule has 0 atom stereocenters. The minimum atomic E-state index is 0.340. The first kappa shape index (κ1) is 4.53. The Balaban J connectivity index is 3.02. The van der Waals surface area contributed by atoms with E-state index in [1.807, 2.05) is 5.38 Å². The fraction of sp³-hybridized carbons (Fsp3) is 0. The van der Waals surface area contributed by atoms with Crippen LogP contribution in [0.4, 0.5) is 0 Å². The molecule has 0 unspecified atom stereocenters. The molecule has 0 amide bonds. The average molecular weight is 113 g/mol. The van der Waals surface area contributed by atoms with E-state index in [1.165, 1.54) is 11.3 Å². The van der Waals surface area contributed by atoms with Crippen molar-refractivity contribution in [3.05, 3.63) is 22.9 Å². The van der Waals surface area contributed by atoms with Gasteiger partial charge in [0.2, 0.25) is 16.7 Å². The molecule has 1 heterocycles. The summed E-state index contributed by atoms with van der Waals surface area (Å²) in [6.45, 7) is 0. The third-order valence-corrected chi connectivity index (χ3v) is 1.30. The van der Waals surface area contributed by atoms with E-state index in [4.69, 9.17) is 5.11 Å². The Morgan fingerprint density at radius 3 is 2.71 bits per heavy atom. The normalized spacial score (nSPS) is 8.57. The zero-order valence-electron chi connectivity index (χ0n) is 3.66. The van der Waals surface area contributed by atoms with Gasteiger partial charge in [0.25, 0.3) is 0 Å². The largest absolute Gasteiger partial charge is 0.503 e. The summed E-state index contributed by atoms with van der Waals surface area (Å²) in [6, 6.07) is 3.45. The van der Waals surface area contributed by atoms with Crippen molar-refractivity contribution < 1.29 is 5.11 Å². The number of aromatic hydroxyl groups is 1. The number of hydrogen-bond acceptors (Lipinski definition) is 1. The molecule has 1 nitrogen and oxygen atoms in total. The van der Waals surface area contributed by atoms with E-state index in [9.17, 15) is 0 Å². The van der Waals surface area contributed by atoms with Crippen LogP contribution < -0.4 is 0 Å². The van der Waals surface area contributed by atoms with Crippen molar-refractivity contribution in [2.45, 2.75) is 0 Å². The molecule has 0 aliphatic heterocycles. The van der Waals surface area contributed by atoms with Crippen molar-refractivity contribution >= 4 is 11.3 Å². The number of rotatable bonds is 0. The molecule has 2 heteroatoms. The van der Waals surface area contributed by atoms with Gasteiger partial charge in [0.1, 0.15) is 0 Å². The van der Waals surface area contributed by atoms with Crippen LogP contribution in [-0.4, -0.2) is 5.11 Å². The smallest absolute Gasteiger partial charge is 0.237 e.